The van der Waals surface area contributed by atoms with E-state index in [2.05, 4.69) is 142 Å². The fraction of sp³-hybridized carbons (Fsp3) is 0. The van der Waals surface area contributed by atoms with Crippen LogP contribution in [0, 0.1) is 0 Å². The minimum absolute atomic E-state index is 1.20. The lowest BCUT2D eigenvalue weighted by Gasteiger charge is -2.10. The number of rotatable bonds is 1. The second-order valence-electron chi connectivity index (χ2n) is 10.2. The van der Waals surface area contributed by atoms with Crippen LogP contribution in [0.5, 0.6) is 0 Å². The Morgan fingerprint density at radius 2 is 0.763 bits per heavy atom. The summed E-state index contributed by atoms with van der Waals surface area (Å²) >= 11 is 0. The molecule has 0 aliphatic carbocycles. The van der Waals surface area contributed by atoms with E-state index in [9.17, 15) is 0 Å². The van der Waals surface area contributed by atoms with E-state index in [1.54, 1.807) is 0 Å². The van der Waals surface area contributed by atoms with Gasteiger partial charge < -0.3 is 8.80 Å². The highest BCUT2D eigenvalue weighted by atomic mass is 15.0. The average Bonchev–Trinajstić information content (AvgIpc) is 3.49. The third-order valence-corrected chi connectivity index (χ3v) is 8.24. The highest BCUT2D eigenvalue weighted by Crippen LogP contribution is 2.41. The summed E-state index contributed by atoms with van der Waals surface area (Å²) in [6.45, 7) is 0. The van der Waals surface area contributed by atoms with E-state index in [1.807, 2.05) is 0 Å². The van der Waals surface area contributed by atoms with Gasteiger partial charge in [0.15, 0.2) is 0 Å². The van der Waals surface area contributed by atoms with Crippen LogP contribution in [0.2, 0.25) is 0 Å². The zero-order valence-corrected chi connectivity index (χ0v) is 20.6. The molecule has 3 aromatic heterocycles. The molecule has 0 spiro atoms. The summed E-state index contributed by atoms with van der Waals surface area (Å²) in [6, 6.07) is 48.8. The molecule has 0 N–H and O–H groups in total. The van der Waals surface area contributed by atoms with E-state index in [4.69, 9.17) is 0 Å². The van der Waals surface area contributed by atoms with Crippen molar-refractivity contribution in [2.24, 2.45) is 0 Å². The van der Waals surface area contributed by atoms with Crippen LogP contribution in [0.15, 0.2) is 133 Å². The number of nitrogens with zero attached hydrogens (tertiary/aromatic N) is 2. The van der Waals surface area contributed by atoms with Gasteiger partial charge in [-0.3, -0.25) is 0 Å². The quantitative estimate of drug-likeness (QED) is 0.220. The number of hydrogen-bond donors (Lipinski definition) is 0. The fourth-order valence-electron chi connectivity index (χ4n) is 6.68. The molecule has 0 bridgehead atoms. The van der Waals surface area contributed by atoms with Gasteiger partial charge in [-0.15, -0.1) is 0 Å². The van der Waals surface area contributed by atoms with Crippen molar-refractivity contribution in [3.8, 4) is 11.1 Å². The van der Waals surface area contributed by atoms with Gasteiger partial charge in [0.05, 0.1) is 33.1 Å². The Hall–Kier alpha value is -5.08. The standard InChI is InChI=1S/C36H22N2/c1-2-10-23(11-3-1)24-20-21-32-30(22-24)29-16-9-15-28-27-14-8-13-26-25-12-4-5-17-31(25)37(35(26)27)33-18-6-7-19-34(33)38(32)36(28)29/h1-22H. The molecule has 0 fully saturated rings. The minimum Gasteiger partial charge on any atom is -0.307 e. The molecule has 0 radical (unpaired) electrons. The molecule has 38 heavy (non-hydrogen) atoms. The molecule has 3 heterocycles. The van der Waals surface area contributed by atoms with Crippen LogP contribution in [0.4, 0.5) is 0 Å². The largest absolute Gasteiger partial charge is 0.307 e. The number of para-hydroxylation sites is 5. The first-order chi connectivity index (χ1) is 18.9. The Balaban J connectivity index is 1.63. The van der Waals surface area contributed by atoms with Crippen molar-refractivity contribution in [1.82, 2.24) is 8.80 Å². The topological polar surface area (TPSA) is 8.82 Å². The van der Waals surface area contributed by atoms with Gasteiger partial charge in [0.25, 0.3) is 0 Å². The van der Waals surface area contributed by atoms with Gasteiger partial charge in [-0.1, -0.05) is 103 Å². The van der Waals surface area contributed by atoms with E-state index >= 15 is 0 Å². The molecule has 176 valence electrons. The van der Waals surface area contributed by atoms with Crippen molar-refractivity contribution in [3.05, 3.63) is 133 Å². The smallest absolute Gasteiger partial charge is 0.0703 e. The van der Waals surface area contributed by atoms with Gasteiger partial charge in [-0.25, -0.2) is 0 Å². The first-order valence-corrected chi connectivity index (χ1v) is 13.1. The van der Waals surface area contributed by atoms with Gasteiger partial charge in [0, 0.05) is 32.3 Å². The second kappa shape index (κ2) is 7.24. The molecule has 0 atom stereocenters. The molecular weight excluding hydrogens is 460 g/mol. The molecule has 9 rings (SSSR count). The van der Waals surface area contributed by atoms with Crippen LogP contribution in [0.1, 0.15) is 0 Å². The maximum absolute atomic E-state index is 2.49. The first kappa shape index (κ1) is 20.0. The monoisotopic (exact) mass is 482 g/mol. The molecule has 2 heteroatoms. The lowest BCUT2D eigenvalue weighted by atomic mass is 10.0. The lowest BCUT2D eigenvalue weighted by Crippen LogP contribution is -1.94. The highest BCUT2D eigenvalue weighted by molar-refractivity contribution is 6.25. The normalized spacial score (nSPS) is 12.2. The molecule has 0 aliphatic heterocycles. The third-order valence-electron chi connectivity index (χ3n) is 8.24. The third kappa shape index (κ3) is 2.47. The van der Waals surface area contributed by atoms with Crippen LogP contribution in [-0.4, -0.2) is 8.80 Å². The molecule has 0 saturated carbocycles. The van der Waals surface area contributed by atoms with Crippen molar-refractivity contribution in [2.45, 2.75) is 0 Å². The second-order valence-corrected chi connectivity index (χ2v) is 10.2. The Morgan fingerprint density at radius 3 is 1.42 bits per heavy atom. The Kier molecular flexibility index (Phi) is 3.82. The van der Waals surface area contributed by atoms with Crippen LogP contribution in [0.3, 0.4) is 0 Å². The van der Waals surface area contributed by atoms with Crippen LogP contribution >= 0.6 is 0 Å². The maximum Gasteiger partial charge on any atom is 0.0703 e. The highest BCUT2D eigenvalue weighted by Gasteiger charge is 2.18. The van der Waals surface area contributed by atoms with E-state index < -0.39 is 0 Å². The Morgan fingerprint density at radius 1 is 0.289 bits per heavy atom. The summed E-state index contributed by atoms with van der Waals surface area (Å²) < 4.78 is 4.96. The molecule has 0 unspecified atom stereocenters. The van der Waals surface area contributed by atoms with Crippen LogP contribution in [-0.2, 0) is 0 Å². The van der Waals surface area contributed by atoms with Gasteiger partial charge in [-0.05, 0) is 41.5 Å². The predicted molar refractivity (Wildman–Crippen MR) is 161 cm³/mol. The zero-order valence-electron chi connectivity index (χ0n) is 20.6. The molecule has 0 aliphatic rings. The predicted octanol–water partition coefficient (Wildman–Crippen LogP) is 9.62. The first-order valence-electron chi connectivity index (χ1n) is 13.1. The molecule has 2 nitrogen and oxygen atoms in total. The van der Waals surface area contributed by atoms with Crippen LogP contribution in [0.25, 0.3) is 76.5 Å². The number of benzene rings is 6. The summed E-state index contributed by atoms with van der Waals surface area (Å²) in [5, 5.41) is 7.68. The molecule has 0 amide bonds. The average molecular weight is 483 g/mol. The van der Waals surface area contributed by atoms with Crippen molar-refractivity contribution in [1.29, 1.82) is 0 Å². The van der Waals surface area contributed by atoms with E-state index in [1.165, 1.54) is 76.5 Å². The molecular formula is C36H22N2. The van der Waals surface area contributed by atoms with E-state index in [0.717, 1.165) is 0 Å². The summed E-state index contributed by atoms with van der Waals surface area (Å²) in [7, 11) is 0. The summed E-state index contributed by atoms with van der Waals surface area (Å²) in [4.78, 5) is 0. The van der Waals surface area contributed by atoms with E-state index in [0.29, 0.717) is 0 Å². The summed E-state index contributed by atoms with van der Waals surface area (Å²) in [5.74, 6) is 0. The van der Waals surface area contributed by atoms with E-state index in [-0.39, 0.29) is 0 Å². The zero-order chi connectivity index (χ0) is 24.8. The summed E-state index contributed by atoms with van der Waals surface area (Å²) in [6.07, 6.45) is 0. The molecule has 9 aromatic rings. The minimum atomic E-state index is 1.20. The van der Waals surface area contributed by atoms with Gasteiger partial charge >= 0.3 is 0 Å². The van der Waals surface area contributed by atoms with Crippen LogP contribution < -0.4 is 0 Å². The maximum atomic E-state index is 2.49. The van der Waals surface area contributed by atoms with Crippen molar-refractivity contribution < 1.29 is 0 Å². The van der Waals surface area contributed by atoms with Gasteiger partial charge in [0.2, 0.25) is 0 Å². The van der Waals surface area contributed by atoms with Crippen molar-refractivity contribution in [3.63, 3.8) is 0 Å². The fourth-order valence-corrected chi connectivity index (χ4v) is 6.68. The number of fused-ring (bicyclic) bond motifs is 10. The lowest BCUT2D eigenvalue weighted by molar-refractivity contribution is 1.29. The van der Waals surface area contributed by atoms with Crippen molar-refractivity contribution in [2.75, 3.05) is 0 Å². The number of aromatic nitrogens is 2. The van der Waals surface area contributed by atoms with Crippen molar-refractivity contribution >= 4 is 65.4 Å². The SMILES string of the molecule is c1ccc(-c2ccc3c(c2)c2cccc4c5cccc6c7ccccc7n(c7ccccc7n3c24)c65)cc1. The summed E-state index contributed by atoms with van der Waals surface area (Å²) in [5.41, 5.74) is 9.89. The number of hydrogen-bond acceptors (Lipinski definition) is 0. The molecule has 6 aromatic carbocycles. The van der Waals surface area contributed by atoms with Gasteiger partial charge in [-0.2, -0.15) is 0 Å². The molecule has 0 saturated heterocycles. The Labute approximate surface area is 218 Å². The van der Waals surface area contributed by atoms with Gasteiger partial charge in [0.1, 0.15) is 0 Å². The Bertz CT molecular complexity index is 2390.